The molecule has 0 saturated carbocycles. The first kappa shape index (κ1) is 27.4. The quantitative estimate of drug-likeness (QED) is 0.361. The largest absolute Gasteiger partial charge is 0.420 e. The van der Waals surface area contributed by atoms with Crippen LogP contribution in [0.3, 0.4) is 0 Å². The summed E-state index contributed by atoms with van der Waals surface area (Å²) in [5.41, 5.74) is 2.35. The third-order valence-corrected chi connectivity index (χ3v) is 6.19. The van der Waals surface area contributed by atoms with Crippen LogP contribution in [0.25, 0.3) is 5.69 Å². The van der Waals surface area contributed by atoms with Crippen molar-refractivity contribution in [2.24, 2.45) is 0 Å². The van der Waals surface area contributed by atoms with Gasteiger partial charge in [-0.25, -0.2) is 9.07 Å². The van der Waals surface area contributed by atoms with Crippen LogP contribution in [0.2, 0.25) is 5.02 Å². The predicted molar refractivity (Wildman–Crippen MR) is 127 cm³/mol. The lowest BCUT2D eigenvalue weighted by molar-refractivity contribution is -0.259. The molecule has 4 N–H and O–H groups in total. The Bertz CT molecular complexity index is 1270. The average Bonchev–Trinajstić information content (AvgIpc) is 3.18. The summed E-state index contributed by atoms with van der Waals surface area (Å²) in [6.45, 7) is -2.50. The summed E-state index contributed by atoms with van der Waals surface area (Å²) < 4.78 is 56.0. The van der Waals surface area contributed by atoms with Gasteiger partial charge in [0.2, 0.25) is 0 Å². The van der Waals surface area contributed by atoms with Gasteiger partial charge in [0.1, 0.15) is 17.2 Å². The monoisotopic (exact) mass is 591 g/mol. The van der Waals surface area contributed by atoms with Gasteiger partial charge < -0.3 is 21.1 Å². The summed E-state index contributed by atoms with van der Waals surface area (Å²) >= 11 is 9.14. The number of rotatable bonds is 7. The van der Waals surface area contributed by atoms with E-state index in [1.807, 2.05) is 5.32 Å². The number of amides is 2. The SMILES string of the molecule is CN(CC(O)(CNC(=O)c1cnn(-c2ccc(F)cc2)c1N)C(F)(F)F)C(=O)c1c(Cl)cccc1Br. The maximum atomic E-state index is 13.8. The molecular weight excluding hydrogens is 574 g/mol. The van der Waals surface area contributed by atoms with E-state index in [0.29, 0.717) is 10.6 Å². The van der Waals surface area contributed by atoms with Crippen molar-refractivity contribution in [3.05, 3.63) is 75.1 Å². The number of nitrogen functional groups attached to an aromatic ring is 1. The van der Waals surface area contributed by atoms with Crippen LogP contribution >= 0.6 is 27.5 Å². The highest BCUT2D eigenvalue weighted by atomic mass is 79.9. The molecule has 192 valence electrons. The number of hydrogen-bond acceptors (Lipinski definition) is 5. The van der Waals surface area contributed by atoms with Gasteiger partial charge in [0.15, 0.2) is 5.60 Å². The zero-order valence-electron chi connectivity index (χ0n) is 18.5. The molecule has 3 aromatic rings. The molecular formula is C22H19BrClF4N5O3. The lowest BCUT2D eigenvalue weighted by Crippen LogP contribution is -2.60. The molecule has 1 atom stereocenters. The lowest BCUT2D eigenvalue weighted by atomic mass is 10.0. The van der Waals surface area contributed by atoms with E-state index in [0.717, 1.165) is 30.1 Å². The van der Waals surface area contributed by atoms with Crippen LogP contribution < -0.4 is 11.1 Å². The summed E-state index contributed by atoms with van der Waals surface area (Å²) in [6, 6.07) is 9.37. The molecule has 1 unspecified atom stereocenters. The van der Waals surface area contributed by atoms with Crippen LogP contribution in [0.5, 0.6) is 0 Å². The first-order chi connectivity index (χ1) is 16.7. The molecule has 0 spiro atoms. The van der Waals surface area contributed by atoms with Gasteiger partial charge >= 0.3 is 6.18 Å². The number of hydrogen-bond donors (Lipinski definition) is 3. The fourth-order valence-electron chi connectivity index (χ4n) is 3.25. The Balaban J connectivity index is 1.78. The summed E-state index contributed by atoms with van der Waals surface area (Å²) in [5, 5.41) is 16.4. The van der Waals surface area contributed by atoms with Crippen LogP contribution in [0.4, 0.5) is 23.4 Å². The molecule has 0 saturated heterocycles. The van der Waals surface area contributed by atoms with Gasteiger partial charge in [0.05, 0.1) is 35.6 Å². The van der Waals surface area contributed by atoms with Crippen molar-refractivity contribution in [2.75, 3.05) is 25.9 Å². The van der Waals surface area contributed by atoms with Crippen LogP contribution in [0.15, 0.2) is 53.1 Å². The first-order valence-corrected chi connectivity index (χ1v) is 11.3. The van der Waals surface area contributed by atoms with Crippen molar-refractivity contribution >= 4 is 45.2 Å². The lowest BCUT2D eigenvalue weighted by Gasteiger charge is -2.34. The highest BCUT2D eigenvalue weighted by Crippen LogP contribution is 2.32. The van der Waals surface area contributed by atoms with E-state index in [1.54, 1.807) is 0 Å². The number of benzene rings is 2. The molecule has 3 rings (SSSR count). The van der Waals surface area contributed by atoms with Crippen LogP contribution in [-0.2, 0) is 0 Å². The number of nitrogens with two attached hydrogens (primary N) is 1. The Morgan fingerprint density at radius 2 is 1.86 bits per heavy atom. The van der Waals surface area contributed by atoms with Gasteiger partial charge in [-0.15, -0.1) is 0 Å². The molecule has 0 aliphatic carbocycles. The highest BCUT2D eigenvalue weighted by Gasteiger charge is 2.55. The van der Waals surface area contributed by atoms with E-state index >= 15 is 0 Å². The number of likely N-dealkylation sites (N-methyl/N-ethyl adjacent to an activating group) is 1. The second-order valence-electron chi connectivity index (χ2n) is 7.80. The maximum absolute atomic E-state index is 13.8. The van der Waals surface area contributed by atoms with E-state index in [9.17, 15) is 32.3 Å². The Morgan fingerprint density at radius 3 is 2.44 bits per heavy atom. The number of aliphatic hydroxyl groups is 1. The Hall–Kier alpha value is -3.16. The third-order valence-electron chi connectivity index (χ3n) is 5.21. The number of carbonyl (C=O) groups excluding carboxylic acids is 2. The zero-order valence-corrected chi connectivity index (χ0v) is 20.8. The van der Waals surface area contributed by atoms with Gasteiger partial charge in [-0.3, -0.25) is 9.59 Å². The summed E-state index contributed by atoms with van der Waals surface area (Å²) in [4.78, 5) is 26.0. The second-order valence-corrected chi connectivity index (χ2v) is 9.06. The van der Waals surface area contributed by atoms with E-state index in [4.69, 9.17) is 17.3 Å². The smallest absolute Gasteiger partial charge is 0.383 e. The molecule has 1 heterocycles. The van der Waals surface area contributed by atoms with Crippen molar-refractivity contribution in [1.82, 2.24) is 20.0 Å². The molecule has 0 bridgehead atoms. The third kappa shape index (κ3) is 5.63. The number of anilines is 1. The molecule has 2 aromatic carbocycles. The van der Waals surface area contributed by atoms with Crippen LogP contribution in [0, 0.1) is 5.82 Å². The Morgan fingerprint density at radius 1 is 1.22 bits per heavy atom. The van der Waals surface area contributed by atoms with Gasteiger partial charge in [-0.2, -0.15) is 18.3 Å². The molecule has 0 radical (unpaired) electrons. The predicted octanol–water partition coefficient (Wildman–Crippen LogP) is 3.80. The zero-order chi connectivity index (χ0) is 26.8. The topological polar surface area (TPSA) is 113 Å². The summed E-state index contributed by atoms with van der Waals surface area (Å²) in [5.74, 6) is -2.66. The molecule has 0 aliphatic rings. The minimum absolute atomic E-state index is 0.00119. The van der Waals surface area contributed by atoms with Gasteiger partial charge in [-0.1, -0.05) is 17.7 Å². The van der Waals surface area contributed by atoms with Crippen molar-refractivity contribution in [2.45, 2.75) is 11.8 Å². The van der Waals surface area contributed by atoms with Crippen molar-refractivity contribution in [1.29, 1.82) is 0 Å². The fraction of sp³-hybridized carbons (Fsp3) is 0.227. The fourth-order valence-corrected chi connectivity index (χ4v) is 4.15. The van der Waals surface area contributed by atoms with Crippen LogP contribution in [-0.4, -0.2) is 63.5 Å². The number of carbonyl (C=O) groups is 2. The Labute approximate surface area is 215 Å². The average molecular weight is 593 g/mol. The number of aromatic nitrogens is 2. The maximum Gasteiger partial charge on any atom is 0.420 e. The van der Waals surface area contributed by atoms with E-state index in [2.05, 4.69) is 21.0 Å². The summed E-state index contributed by atoms with van der Waals surface area (Å²) in [7, 11) is 1.06. The number of nitrogens with zero attached hydrogens (tertiary/aromatic N) is 3. The van der Waals surface area contributed by atoms with Crippen molar-refractivity contribution in [3.8, 4) is 5.69 Å². The molecule has 14 heteroatoms. The Kier molecular flexibility index (Phi) is 7.96. The van der Waals surface area contributed by atoms with Gasteiger partial charge in [0, 0.05) is 11.5 Å². The molecule has 0 fully saturated rings. The van der Waals surface area contributed by atoms with E-state index in [-0.39, 0.29) is 26.4 Å². The number of halogens is 6. The van der Waals surface area contributed by atoms with E-state index < -0.39 is 42.5 Å². The molecule has 1 aromatic heterocycles. The summed E-state index contributed by atoms with van der Waals surface area (Å²) in [6.07, 6.45) is -4.21. The standard InChI is InChI=1S/C22H19BrClF4N5O3/c1-32(20(35)17-15(23)3-2-4-16(17)24)11-21(36,22(26,27)28)10-30-19(34)14-9-31-33(18(14)29)13-7-5-12(25)6-8-13/h2-9,36H,10-11,29H2,1H3,(H,30,34). The van der Waals surface area contributed by atoms with Crippen LogP contribution in [0.1, 0.15) is 20.7 Å². The number of nitrogens with one attached hydrogen (secondary N) is 1. The van der Waals surface area contributed by atoms with E-state index in [1.165, 1.54) is 30.3 Å². The minimum Gasteiger partial charge on any atom is -0.383 e. The molecule has 36 heavy (non-hydrogen) atoms. The van der Waals surface area contributed by atoms with Crippen molar-refractivity contribution in [3.63, 3.8) is 0 Å². The normalized spacial score (nSPS) is 13.2. The minimum atomic E-state index is -5.23. The molecule has 0 aliphatic heterocycles. The van der Waals surface area contributed by atoms with Gasteiger partial charge in [-0.05, 0) is 52.3 Å². The first-order valence-electron chi connectivity index (χ1n) is 10.1. The molecule has 8 nitrogen and oxygen atoms in total. The molecule has 2 amide bonds. The van der Waals surface area contributed by atoms with Crippen molar-refractivity contribution < 1.29 is 32.3 Å². The van der Waals surface area contributed by atoms with Gasteiger partial charge in [0.25, 0.3) is 11.8 Å². The highest BCUT2D eigenvalue weighted by molar-refractivity contribution is 9.10. The number of alkyl halides is 3. The second kappa shape index (κ2) is 10.4.